The molecular weight excluding hydrogens is 336 g/mol. The Balaban J connectivity index is 0.000000613. The topological polar surface area (TPSA) is 18.5 Å². The van der Waals surface area contributed by atoms with Gasteiger partial charge in [0.2, 0.25) is 0 Å². The minimum atomic E-state index is -1.15. The Kier molecular flexibility index (Phi) is 8.52. The number of rotatable bonds is 5. The molecule has 26 heavy (non-hydrogen) atoms. The summed E-state index contributed by atoms with van der Waals surface area (Å²) in [6.45, 7) is 6.63. The molecule has 0 bridgehead atoms. The van der Waals surface area contributed by atoms with Crippen LogP contribution in [0.1, 0.15) is 97.3 Å². The van der Waals surface area contributed by atoms with Gasteiger partial charge in [-0.1, -0.05) is 58.8 Å². The zero-order valence-electron chi connectivity index (χ0n) is 17.8. The molecule has 0 N–H and O–H groups in total. The van der Waals surface area contributed by atoms with Gasteiger partial charge in [-0.3, -0.25) is 0 Å². The van der Waals surface area contributed by atoms with Crippen molar-refractivity contribution in [3.63, 3.8) is 0 Å². The van der Waals surface area contributed by atoms with Gasteiger partial charge in [0, 0.05) is 6.10 Å². The Bertz CT molecular complexity index is 402. The quantitative estimate of drug-likeness (QED) is 0.524. The fourth-order valence-corrected chi connectivity index (χ4v) is 7.86. The minimum Gasteiger partial charge on any atom is -0.415 e. The number of fused-ring (bicyclic) bond motifs is 2. The van der Waals surface area contributed by atoms with Crippen molar-refractivity contribution >= 4 is 9.04 Å². The highest BCUT2D eigenvalue weighted by molar-refractivity contribution is 6.50. The first-order valence-corrected chi connectivity index (χ1v) is 14.4. The minimum absolute atomic E-state index is 0.574. The molecule has 7 unspecified atom stereocenters. The lowest BCUT2D eigenvalue weighted by atomic mass is 9.81. The lowest BCUT2D eigenvalue weighted by Gasteiger charge is -2.32. The summed E-state index contributed by atoms with van der Waals surface area (Å²) in [5, 5.41) is 0. The third-order valence-electron chi connectivity index (χ3n) is 7.49. The summed E-state index contributed by atoms with van der Waals surface area (Å²) in [6, 6.07) is 0. The Morgan fingerprint density at radius 3 is 1.81 bits per heavy atom. The summed E-state index contributed by atoms with van der Waals surface area (Å²) in [6.07, 6.45) is 20.5. The normalized spacial score (nSPS) is 40.3. The molecule has 2 nitrogen and oxygen atoms in total. The predicted molar refractivity (Wildman–Crippen MR) is 113 cm³/mol. The van der Waals surface area contributed by atoms with Crippen LogP contribution in [0.5, 0.6) is 0 Å². The van der Waals surface area contributed by atoms with Crippen molar-refractivity contribution in [3.05, 3.63) is 0 Å². The van der Waals surface area contributed by atoms with Gasteiger partial charge >= 0.3 is 0 Å². The van der Waals surface area contributed by atoms with Crippen LogP contribution in [0.3, 0.4) is 0 Å². The lowest BCUT2D eigenvalue weighted by Crippen LogP contribution is -2.35. The van der Waals surface area contributed by atoms with Crippen molar-refractivity contribution in [1.29, 1.82) is 0 Å². The fraction of sp³-hybridized carbons (Fsp3) is 1.00. The number of hydrogen-bond acceptors (Lipinski definition) is 2. The monoisotopic (exact) mass is 380 g/mol. The van der Waals surface area contributed by atoms with Crippen LogP contribution < -0.4 is 0 Å². The van der Waals surface area contributed by atoms with E-state index < -0.39 is 9.04 Å². The maximum Gasteiger partial charge on any atom is 0.199 e. The molecule has 0 saturated heterocycles. The first-order valence-electron chi connectivity index (χ1n) is 12.0. The highest BCUT2D eigenvalue weighted by atomic mass is 28.3. The van der Waals surface area contributed by atoms with Gasteiger partial charge < -0.3 is 9.16 Å². The highest BCUT2D eigenvalue weighted by Crippen LogP contribution is 2.45. The van der Waals surface area contributed by atoms with Crippen LogP contribution in [-0.4, -0.2) is 27.5 Å². The maximum absolute atomic E-state index is 6.59. The molecule has 3 heteroatoms. The van der Waals surface area contributed by atoms with E-state index in [0.717, 1.165) is 29.9 Å². The molecule has 0 spiro atoms. The summed E-state index contributed by atoms with van der Waals surface area (Å²) in [5.74, 6) is 3.77. The summed E-state index contributed by atoms with van der Waals surface area (Å²) >= 11 is 0. The van der Waals surface area contributed by atoms with E-state index in [1.807, 2.05) is 0 Å². The van der Waals surface area contributed by atoms with Crippen LogP contribution in [0.15, 0.2) is 0 Å². The fourth-order valence-electron chi connectivity index (χ4n) is 6.33. The van der Waals surface area contributed by atoms with Crippen LogP contribution in [0.4, 0.5) is 0 Å². The second-order valence-corrected chi connectivity index (χ2v) is 11.9. The molecule has 0 aromatic heterocycles. The Morgan fingerprint density at radius 1 is 0.692 bits per heavy atom. The highest BCUT2D eigenvalue weighted by Gasteiger charge is 2.40. The van der Waals surface area contributed by atoms with Gasteiger partial charge in [0.05, 0.1) is 12.3 Å². The average molecular weight is 381 g/mol. The smallest absolute Gasteiger partial charge is 0.199 e. The molecule has 4 rings (SSSR count). The van der Waals surface area contributed by atoms with Crippen molar-refractivity contribution in [2.45, 2.75) is 116 Å². The summed E-state index contributed by atoms with van der Waals surface area (Å²) in [4.78, 5) is 0. The molecule has 0 aliphatic heterocycles. The average Bonchev–Trinajstić information content (AvgIpc) is 3.25. The van der Waals surface area contributed by atoms with Gasteiger partial charge in [-0.25, -0.2) is 0 Å². The molecule has 4 saturated carbocycles. The van der Waals surface area contributed by atoms with Gasteiger partial charge in [-0.15, -0.1) is 0 Å². The van der Waals surface area contributed by atoms with Crippen molar-refractivity contribution in [1.82, 2.24) is 0 Å². The van der Waals surface area contributed by atoms with Gasteiger partial charge in [0.1, 0.15) is 0 Å². The Labute approximate surface area is 164 Å². The third kappa shape index (κ3) is 5.35. The van der Waals surface area contributed by atoms with Crippen molar-refractivity contribution in [2.24, 2.45) is 23.7 Å². The standard InChI is InChI=1S/C20H36O2Si.C3H8/c1-23(22-20-13-11-16-7-3-5-9-18(16)20)14-21-19-12-10-15-6-2-4-8-17(15)19;1-3-2/h15-20,23H,2-14H2,1H3;3H2,1-2H3. The number of ether oxygens (including phenoxy) is 1. The zero-order chi connectivity index (χ0) is 18.4. The first kappa shape index (κ1) is 20.9. The van der Waals surface area contributed by atoms with E-state index in [0.29, 0.717) is 12.2 Å². The van der Waals surface area contributed by atoms with Gasteiger partial charge in [0.25, 0.3) is 0 Å². The molecular formula is C23H44O2Si. The molecule has 7 atom stereocenters. The zero-order valence-corrected chi connectivity index (χ0v) is 18.9. The number of hydrogen-bond donors (Lipinski definition) is 0. The van der Waals surface area contributed by atoms with Crippen LogP contribution in [-0.2, 0) is 9.16 Å². The molecule has 4 aliphatic carbocycles. The van der Waals surface area contributed by atoms with E-state index in [1.54, 1.807) is 0 Å². The van der Waals surface area contributed by atoms with E-state index in [1.165, 1.54) is 83.5 Å². The molecule has 152 valence electrons. The van der Waals surface area contributed by atoms with E-state index in [9.17, 15) is 0 Å². The van der Waals surface area contributed by atoms with Gasteiger partial charge in [0.15, 0.2) is 9.04 Å². The molecule has 4 aliphatic rings. The molecule has 0 amide bonds. The van der Waals surface area contributed by atoms with Crippen molar-refractivity contribution in [3.8, 4) is 0 Å². The van der Waals surface area contributed by atoms with Crippen LogP contribution in [0.25, 0.3) is 0 Å². The van der Waals surface area contributed by atoms with Crippen LogP contribution in [0, 0.1) is 23.7 Å². The second kappa shape index (κ2) is 10.6. The van der Waals surface area contributed by atoms with Gasteiger partial charge in [-0.2, -0.15) is 0 Å². The van der Waals surface area contributed by atoms with E-state index in [-0.39, 0.29) is 0 Å². The molecule has 0 aromatic carbocycles. The molecule has 0 radical (unpaired) electrons. The van der Waals surface area contributed by atoms with Gasteiger partial charge in [-0.05, 0) is 68.7 Å². The summed E-state index contributed by atoms with van der Waals surface area (Å²) in [5.41, 5.74) is 0. The predicted octanol–water partition coefficient (Wildman–Crippen LogP) is 6.27. The largest absolute Gasteiger partial charge is 0.415 e. The van der Waals surface area contributed by atoms with Crippen molar-refractivity contribution < 1.29 is 9.16 Å². The summed E-state index contributed by atoms with van der Waals surface area (Å²) in [7, 11) is -1.15. The molecule has 4 fully saturated rings. The second-order valence-electron chi connectivity index (χ2n) is 9.64. The Morgan fingerprint density at radius 2 is 1.19 bits per heavy atom. The molecule has 0 heterocycles. The Hall–Kier alpha value is 0.137. The molecule has 0 aromatic rings. The van der Waals surface area contributed by atoms with E-state index in [4.69, 9.17) is 9.16 Å². The van der Waals surface area contributed by atoms with E-state index in [2.05, 4.69) is 20.4 Å². The van der Waals surface area contributed by atoms with Crippen LogP contribution >= 0.6 is 0 Å². The van der Waals surface area contributed by atoms with Crippen LogP contribution in [0.2, 0.25) is 6.55 Å². The SMILES string of the molecule is CCC.C[SiH](COC1CCC2CCCCC21)OC1CCC2CCCCC21. The maximum atomic E-state index is 6.59. The summed E-state index contributed by atoms with van der Waals surface area (Å²) < 4.78 is 13.0. The van der Waals surface area contributed by atoms with Crippen molar-refractivity contribution in [2.75, 3.05) is 6.23 Å². The van der Waals surface area contributed by atoms with E-state index >= 15 is 0 Å². The lowest BCUT2D eigenvalue weighted by molar-refractivity contribution is 0.0236. The third-order valence-corrected chi connectivity index (χ3v) is 8.96. The first-order chi connectivity index (χ1) is 12.7.